The zero-order chi connectivity index (χ0) is 10.6. The Morgan fingerprint density at radius 1 is 1.33 bits per heavy atom. The number of fused-ring (bicyclic) bond motifs is 1. The molecule has 0 aliphatic carbocycles. The smallest absolute Gasteiger partial charge is 0.756 e. The van der Waals surface area contributed by atoms with E-state index in [0.717, 1.165) is 11.0 Å². The largest absolute Gasteiger partial charge is 1.00 e. The van der Waals surface area contributed by atoms with Crippen LogP contribution in [0.25, 0.3) is 11.0 Å². The van der Waals surface area contributed by atoms with Crippen LogP contribution < -0.4 is 56.3 Å². The molecule has 0 aliphatic heterocycles. The second-order valence-corrected chi connectivity index (χ2v) is 3.39. The Balaban J connectivity index is 0.000000289. The summed E-state index contributed by atoms with van der Waals surface area (Å²) in [6, 6.07) is 7.94. The molecule has 0 saturated carbocycles. The summed E-state index contributed by atoms with van der Waals surface area (Å²) in [5.74, 6) is 0. The Morgan fingerprint density at radius 3 is 2.40 bits per heavy atom. The summed E-state index contributed by atoms with van der Waals surface area (Å²) in [4.78, 5) is 30.0. The molecule has 2 aromatic rings. The van der Waals surface area contributed by atoms with E-state index in [1.165, 1.54) is 0 Å². The zero-order valence-corrected chi connectivity index (χ0v) is 12.0. The van der Waals surface area contributed by atoms with Gasteiger partial charge in [-0.15, -0.1) is 0 Å². The second kappa shape index (κ2) is 6.90. The third-order valence-electron chi connectivity index (χ3n) is 1.33. The molecule has 15 heavy (non-hydrogen) atoms. The third kappa shape index (κ3) is 7.34. The standard InChI is InChI=1S/C7H6N2.K.H3O4P/c1-2-4-7-6(3-1)8-5-9-7;;1-5(2,3)4/h1-5H,(H,8,9);;(H3,1,2,3,4)/q;+1;/p-1. The summed E-state index contributed by atoms with van der Waals surface area (Å²) in [5, 5.41) is 0. The molecule has 8 heteroatoms. The van der Waals surface area contributed by atoms with Crippen LogP contribution in [0.15, 0.2) is 30.6 Å². The molecule has 0 atom stereocenters. The number of aromatic amines is 1. The fraction of sp³-hybridized carbons (Fsp3) is 0. The first-order chi connectivity index (χ1) is 6.47. The molecule has 0 amide bonds. The molecular weight excluding hydrogens is 246 g/mol. The van der Waals surface area contributed by atoms with Crippen LogP contribution >= 0.6 is 7.82 Å². The quantitative estimate of drug-likeness (QED) is 0.343. The van der Waals surface area contributed by atoms with E-state index in [-0.39, 0.29) is 51.4 Å². The average Bonchev–Trinajstić information content (AvgIpc) is 2.47. The number of rotatable bonds is 0. The first-order valence-electron chi connectivity index (χ1n) is 3.61. The molecule has 1 aromatic carbocycles. The number of hydrogen-bond donors (Lipinski definition) is 3. The van der Waals surface area contributed by atoms with Crippen molar-refractivity contribution in [3.05, 3.63) is 30.6 Å². The van der Waals surface area contributed by atoms with Crippen molar-refractivity contribution in [1.29, 1.82) is 0 Å². The molecule has 1 heterocycles. The normalized spacial score (nSPS) is 10.1. The zero-order valence-electron chi connectivity index (χ0n) is 7.99. The van der Waals surface area contributed by atoms with Gasteiger partial charge in [-0.05, 0) is 12.1 Å². The van der Waals surface area contributed by atoms with E-state index in [2.05, 4.69) is 9.97 Å². The molecule has 0 spiro atoms. The fourth-order valence-corrected chi connectivity index (χ4v) is 0.880. The van der Waals surface area contributed by atoms with E-state index in [0.29, 0.717) is 0 Å². The summed E-state index contributed by atoms with van der Waals surface area (Å²) in [6.45, 7) is 0. The number of hydrogen-bond acceptors (Lipinski definition) is 3. The minimum absolute atomic E-state index is 0. The Bertz CT molecular complexity index is 416. The van der Waals surface area contributed by atoms with Gasteiger partial charge in [-0.1, -0.05) is 12.1 Å². The molecule has 76 valence electrons. The summed E-state index contributed by atoms with van der Waals surface area (Å²) in [7, 11) is -4.89. The summed E-state index contributed by atoms with van der Waals surface area (Å²) in [5.41, 5.74) is 2.12. The van der Waals surface area contributed by atoms with Crippen LogP contribution in [-0.4, -0.2) is 19.8 Å². The van der Waals surface area contributed by atoms with Gasteiger partial charge < -0.3 is 19.7 Å². The minimum Gasteiger partial charge on any atom is -0.756 e. The minimum atomic E-state index is -4.89. The van der Waals surface area contributed by atoms with Gasteiger partial charge in [0.2, 0.25) is 0 Å². The molecule has 0 fully saturated rings. The van der Waals surface area contributed by atoms with Gasteiger partial charge >= 0.3 is 51.4 Å². The Hall–Kier alpha value is 0.436. The van der Waals surface area contributed by atoms with Crippen molar-refractivity contribution in [3.63, 3.8) is 0 Å². The predicted octanol–water partition coefficient (Wildman–Crippen LogP) is -2.99. The molecule has 2 rings (SSSR count). The van der Waals surface area contributed by atoms with Crippen LogP contribution in [0.2, 0.25) is 0 Å². The predicted molar refractivity (Wildman–Crippen MR) is 48.1 cm³/mol. The summed E-state index contributed by atoms with van der Waals surface area (Å²) < 4.78 is 8.77. The number of nitrogens with one attached hydrogen (secondary N) is 1. The van der Waals surface area contributed by atoms with Crippen molar-refractivity contribution < 1.29 is 70.6 Å². The number of H-pyrrole nitrogens is 1. The third-order valence-corrected chi connectivity index (χ3v) is 1.33. The van der Waals surface area contributed by atoms with Gasteiger partial charge in [0.1, 0.15) is 0 Å². The van der Waals surface area contributed by atoms with E-state index in [1.54, 1.807) is 6.33 Å². The Kier molecular flexibility index (Phi) is 7.10. The first kappa shape index (κ1) is 15.4. The van der Waals surface area contributed by atoms with E-state index < -0.39 is 7.82 Å². The summed E-state index contributed by atoms with van der Waals surface area (Å²) in [6.07, 6.45) is 1.70. The number of aromatic nitrogens is 2. The van der Waals surface area contributed by atoms with Gasteiger partial charge in [-0.2, -0.15) is 0 Å². The van der Waals surface area contributed by atoms with E-state index >= 15 is 0 Å². The molecule has 1 aromatic heterocycles. The van der Waals surface area contributed by atoms with Crippen molar-refractivity contribution >= 4 is 18.9 Å². The average molecular weight is 254 g/mol. The number of benzene rings is 1. The Labute approximate surface area is 128 Å². The summed E-state index contributed by atoms with van der Waals surface area (Å²) >= 11 is 0. The van der Waals surface area contributed by atoms with Crippen molar-refractivity contribution in [2.45, 2.75) is 0 Å². The first-order valence-corrected chi connectivity index (χ1v) is 5.14. The number of imidazole rings is 1. The van der Waals surface area contributed by atoms with Crippen molar-refractivity contribution in [3.8, 4) is 0 Å². The van der Waals surface area contributed by atoms with E-state index in [4.69, 9.17) is 19.2 Å². The maximum absolute atomic E-state index is 8.77. The molecule has 0 saturated heterocycles. The van der Waals surface area contributed by atoms with E-state index in [9.17, 15) is 0 Å². The Morgan fingerprint density at radius 2 is 1.87 bits per heavy atom. The second-order valence-electron chi connectivity index (χ2n) is 2.41. The van der Waals surface area contributed by atoms with E-state index in [1.807, 2.05) is 24.3 Å². The van der Waals surface area contributed by atoms with Gasteiger partial charge in [0, 0.05) is 0 Å². The van der Waals surface area contributed by atoms with Gasteiger partial charge in [-0.25, -0.2) is 4.98 Å². The molecule has 3 N–H and O–H groups in total. The van der Waals surface area contributed by atoms with Crippen LogP contribution in [0.1, 0.15) is 0 Å². The van der Waals surface area contributed by atoms with Gasteiger partial charge in [0.15, 0.2) is 0 Å². The van der Waals surface area contributed by atoms with Crippen LogP contribution in [0.5, 0.6) is 0 Å². The van der Waals surface area contributed by atoms with Gasteiger partial charge in [0.05, 0.1) is 17.4 Å². The molecule has 0 bridgehead atoms. The van der Waals surface area contributed by atoms with Crippen LogP contribution in [-0.2, 0) is 4.57 Å². The molecule has 6 nitrogen and oxygen atoms in total. The van der Waals surface area contributed by atoms with Crippen molar-refractivity contribution in [2.24, 2.45) is 0 Å². The van der Waals surface area contributed by atoms with Crippen molar-refractivity contribution in [2.75, 3.05) is 0 Å². The topological polar surface area (TPSA) is 109 Å². The van der Waals surface area contributed by atoms with Gasteiger partial charge in [0.25, 0.3) is 7.82 Å². The van der Waals surface area contributed by atoms with Crippen molar-refractivity contribution in [1.82, 2.24) is 9.97 Å². The van der Waals surface area contributed by atoms with Crippen LogP contribution in [0, 0.1) is 0 Å². The maximum Gasteiger partial charge on any atom is 1.00 e. The van der Waals surface area contributed by atoms with Gasteiger partial charge in [-0.3, -0.25) is 4.57 Å². The number of nitrogens with zero attached hydrogens (tertiary/aromatic N) is 1. The molecule has 0 aliphatic rings. The maximum atomic E-state index is 8.77. The molecule has 0 unspecified atom stereocenters. The van der Waals surface area contributed by atoms with Crippen LogP contribution in [0.4, 0.5) is 0 Å². The molecule has 0 radical (unpaired) electrons. The van der Waals surface area contributed by atoms with Crippen LogP contribution in [0.3, 0.4) is 0 Å². The fourth-order valence-electron chi connectivity index (χ4n) is 0.880. The number of phosphoric acid groups is 1. The molecular formula is C7H8KN2O4P. The monoisotopic (exact) mass is 254 g/mol. The SMILES string of the molecule is O=P([O-])(O)O.[K+].c1ccc2[nH]cnc2c1. The number of para-hydroxylation sites is 2.